The van der Waals surface area contributed by atoms with E-state index >= 15 is 0 Å². The van der Waals surface area contributed by atoms with E-state index in [-0.39, 0.29) is 22.7 Å². The summed E-state index contributed by atoms with van der Waals surface area (Å²) < 4.78 is 29.4. The van der Waals surface area contributed by atoms with Gasteiger partial charge in [0.05, 0.1) is 5.75 Å². The number of nitrogens with two attached hydrogens (primary N) is 1. The van der Waals surface area contributed by atoms with Crippen LogP contribution in [-0.2, 0) is 10.1 Å². The molecule has 0 aliphatic carbocycles. The van der Waals surface area contributed by atoms with Crippen molar-refractivity contribution in [3.05, 3.63) is 0 Å². The van der Waals surface area contributed by atoms with E-state index < -0.39 is 10.1 Å². The third-order valence-electron chi connectivity index (χ3n) is 6.30. The molecule has 4 N–H and O–H groups in total. The van der Waals surface area contributed by atoms with Gasteiger partial charge in [-0.05, 0) is 25.9 Å². The quantitative estimate of drug-likeness (QED) is 0.0696. The van der Waals surface area contributed by atoms with Gasteiger partial charge in [-0.2, -0.15) is 8.42 Å². The Morgan fingerprint density at radius 3 is 1.17 bits per heavy atom. The number of hydrogen-bond donors (Lipinski definition) is 3. The fourth-order valence-corrected chi connectivity index (χ4v) is 4.45. The van der Waals surface area contributed by atoms with Gasteiger partial charge in [-0.25, -0.2) is 0 Å². The third-order valence-corrected chi connectivity index (χ3v) is 7.02. The highest BCUT2D eigenvalue weighted by Crippen LogP contribution is 2.12. The summed E-state index contributed by atoms with van der Waals surface area (Å²) in [4.78, 5) is 0. The Morgan fingerprint density at radius 1 is 0.543 bits per heavy atom. The molecule has 0 saturated carbocycles. The first kappa shape index (κ1) is 39.8. The second-order valence-corrected chi connectivity index (χ2v) is 11.5. The van der Waals surface area contributed by atoms with Crippen LogP contribution in [0.2, 0.25) is 0 Å². The van der Waals surface area contributed by atoms with Crippen molar-refractivity contribution >= 4 is 27.1 Å². The van der Waals surface area contributed by atoms with Crippen LogP contribution in [0, 0.1) is 0 Å². The SMILES string of the molecule is Br.CCCCCCCCCCCCCCN.CCCCCCCCCCCCNCCS(=O)(=O)O. The first-order valence-electron chi connectivity index (χ1n) is 14.8. The molecule has 35 heavy (non-hydrogen) atoms. The smallest absolute Gasteiger partial charge is 0.266 e. The van der Waals surface area contributed by atoms with E-state index in [4.69, 9.17) is 10.3 Å². The molecule has 0 aromatic heterocycles. The first-order valence-corrected chi connectivity index (χ1v) is 16.4. The fraction of sp³-hybridized carbons (Fsp3) is 1.00. The van der Waals surface area contributed by atoms with E-state index in [1.165, 1.54) is 135 Å². The van der Waals surface area contributed by atoms with Crippen LogP contribution in [0.4, 0.5) is 0 Å². The molecule has 0 amide bonds. The molecule has 0 atom stereocenters. The minimum absolute atomic E-state index is 0. The molecular formula is C28H63BrN2O3S. The number of halogens is 1. The zero-order valence-corrected chi connectivity index (χ0v) is 26.1. The van der Waals surface area contributed by atoms with Gasteiger partial charge >= 0.3 is 0 Å². The molecule has 0 unspecified atom stereocenters. The number of nitrogens with one attached hydrogen (secondary N) is 1. The van der Waals surface area contributed by atoms with Crippen LogP contribution in [0.1, 0.15) is 155 Å². The van der Waals surface area contributed by atoms with Crippen molar-refractivity contribution in [2.75, 3.05) is 25.4 Å². The van der Waals surface area contributed by atoms with Crippen LogP contribution in [0.3, 0.4) is 0 Å². The van der Waals surface area contributed by atoms with Gasteiger partial charge in [0.25, 0.3) is 10.1 Å². The van der Waals surface area contributed by atoms with E-state index in [1.807, 2.05) is 0 Å². The number of hydrogen-bond acceptors (Lipinski definition) is 4. The maximum atomic E-state index is 10.4. The molecule has 0 heterocycles. The van der Waals surface area contributed by atoms with Crippen molar-refractivity contribution in [3.8, 4) is 0 Å². The van der Waals surface area contributed by atoms with Crippen LogP contribution < -0.4 is 11.1 Å². The Kier molecular flexibility index (Phi) is 39.0. The van der Waals surface area contributed by atoms with E-state index in [1.54, 1.807) is 0 Å². The molecule has 0 aliphatic rings. The Hall–Kier alpha value is 0.310. The first-order chi connectivity index (χ1) is 16.5. The Bertz CT molecular complexity index is 453. The summed E-state index contributed by atoms with van der Waals surface area (Å²) in [6.07, 6.45) is 29.9. The Morgan fingerprint density at radius 2 is 0.857 bits per heavy atom. The molecule has 0 aromatic rings. The highest BCUT2D eigenvalue weighted by molar-refractivity contribution is 8.93. The molecular weight excluding hydrogens is 524 g/mol. The van der Waals surface area contributed by atoms with Crippen LogP contribution in [0.5, 0.6) is 0 Å². The Balaban J connectivity index is -0.000000584. The molecule has 7 heteroatoms. The molecule has 0 aromatic carbocycles. The molecule has 5 nitrogen and oxygen atoms in total. The second-order valence-electron chi connectivity index (χ2n) is 9.90. The maximum absolute atomic E-state index is 10.4. The molecule has 0 aliphatic heterocycles. The summed E-state index contributed by atoms with van der Waals surface area (Å²) in [5.74, 6) is -0.190. The highest BCUT2D eigenvalue weighted by Gasteiger charge is 2.02. The largest absolute Gasteiger partial charge is 0.330 e. The number of unbranched alkanes of at least 4 members (excludes halogenated alkanes) is 20. The van der Waals surface area contributed by atoms with Gasteiger partial charge < -0.3 is 11.1 Å². The van der Waals surface area contributed by atoms with Crippen LogP contribution >= 0.6 is 17.0 Å². The van der Waals surface area contributed by atoms with Gasteiger partial charge in [0, 0.05) is 6.54 Å². The predicted molar refractivity (Wildman–Crippen MR) is 162 cm³/mol. The number of rotatable bonds is 26. The highest BCUT2D eigenvalue weighted by atomic mass is 79.9. The summed E-state index contributed by atoms with van der Waals surface area (Å²) in [7, 11) is -3.80. The van der Waals surface area contributed by atoms with Gasteiger partial charge in [-0.3, -0.25) is 4.55 Å². The van der Waals surface area contributed by atoms with Crippen LogP contribution in [0.15, 0.2) is 0 Å². The summed E-state index contributed by atoms with van der Waals surface area (Å²) in [5.41, 5.74) is 5.45. The lowest BCUT2D eigenvalue weighted by molar-refractivity contribution is 0.479. The molecule has 0 bridgehead atoms. The minimum atomic E-state index is -3.80. The molecule has 0 saturated heterocycles. The van der Waals surface area contributed by atoms with E-state index in [0.29, 0.717) is 6.54 Å². The van der Waals surface area contributed by atoms with E-state index in [9.17, 15) is 8.42 Å². The summed E-state index contributed by atoms with van der Waals surface area (Å²) >= 11 is 0. The minimum Gasteiger partial charge on any atom is -0.330 e. The summed E-state index contributed by atoms with van der Waals surface area (Å²) in [6.45, 7) is 6.57. The topological polar surface area (TPSA) is 92.4 Å². The zero-order chi connectivity index (χ0) is 25.6. The van der Waals surface area contributed by atoms with Crippen molar-refractivity contribution in [2.24, 2.45) is 5.73 Å². The van der Waals surface area contributed by atoms with Crippen molar-refractivity contribution in [2.45, 2.75) is 155 Å². The zero-order valence-electron chi connectivity index (χ0n) is 23.5. The maximum Gasteiger partial charge on any atom is 0.266 e. The van der Waals surface area contributed by atoms with Gasteiger partial charge in [-0.15, -0.1) is 17.0 Å². The van der Waals surface area contributed by atoms with Gasteiger partial charge in [0.15, 0.2) is 0 Å². The molecule has 0 spiro atoms. The predicted octanol–water partition coefficient (Wildman–Crippen LogP) is 8.61. The van der Waals surface area contributed by atoms with Crippen LogP contribution in [-0.4, -0.2) is 38.4 Å². The standard InChI is InChI=1S/C14H31NO3S.C14H31N.BrH/c1-2-3-4-5-6-7-8-9-10-11-12-15-13-14-19(16,17)18;1-2-3-4-5-6-7-8-9-10-11-12-13-14-15;/h15H,2-14H2,1H3,(H,16,17,18);2-15H2,1H3;1H. The lowest BCUT2D eigenvalue weighted by Crippen LogP contribution is -2.23. The monoisotopic (exact) mass is 586 g/mol. The average Bonchev–Trinajstić information content (AvgIpc) is 2.80. The van der Waals surface area contributed by atoms with Crippen molar-refractivity contribution in [1.82, 2.24) is 5.32 Å². The van der Waals surface area contributed by atoms with Gasteiger partial charge in [-0.1, -0.05) is 142 Å². The van der Waals surface area contributed by atoms with E-state index in [2.05, 4.69) is 19.2 Å². The fourth-order valence-electron chi connectivity index (χ4n) is 4.05. The van der Waals surface area contributed by atoms with Crippen molar-refractivity contribution < 1.29 is 13.0 Å². The Labute approximate surface area is 231 Å². The molecule has 0 rings (SSSR count). The van der Waals surface area contributed by atoms with E-state index in [0.717, 1.165) is 19.5 Å². The molecule has 0 fully saturated rings. The van der Waals surface area contributed by atoms with Crippen LogP contribution in [0.25, 0.3) is 0 Å². The van der Waals surface area contributed by atoms with Gasteiger partial charge in [0.1, 0.15) is 0 Å². The molecule has 0 radical (unpaired) electrons. The lowest BCUT2D eigenvalue weighted by atomic mass is 10.1. The van der Waals surface area contributed by atoms with Crippen molar-refractivity contribution in [1.29, 1.82) is 0 Å². The second kappa shape index (κ2) is 34.3. The van der Waals surface area contributed by atoms with Gasteiger partial charge in [0.2, 0.25) is 0 Å². The summed E-state index contributed by atoms with van der Waals surface area (Å²) in [5, 5.41) is 3.03. The summed E-state index contributed by atoms with van der Waals surface area (Å²) in [6, 6.07) is 0. The molecule has 216 valence electrons. The third kappa shape index (κ3) is 44.7. The lowest BCUT2D eigenvalue weighted by Gasteiger charge is -2.04. The normalized spacial score (nSPS) is 11.1. The van der Waals surface area contributed by atoms with Crippen molar-refractivity contribution in [3.63, 3.8) is 0 Å². The average molecular weight is 588 g/mol.